The van der Waals surface area contributed by atoms with Crippen LogP contribution in [0.25, 0.3) is 0 Å². The number of hydrogen-bond donors (Lipinski definition) is 2. The van der Waals surface area contributed by atoms with Crippen molar-refractivity contribution in [3.63, 3.8) is 0 Å². The average molecular weight is 373 g/mol. The van der Waals surface area contributed by atoms with Crippen LogP contribution in [0.3, 0.4) is 0 Å². The Morgan fingerprint density at radius 2 is 1.23 bits per heavy atom. The summed E-state index contributed by atoms with van der Waals surface area (Å²) in [6.07, 6.45) is 0. The van der Waals surface area contributed by atoms with Crippen molar-refractivity contribution in [3.8, 4) is 11.5 Å². The molecule has 2 N–H and O–H groups in total. The average Bonchev–Trinajstić information content (AvgIpc) is 2.48. The lowest BCUT2D eigenvalue weighted by Gasteiger charge is -2.25. The molecular weight excluding hydrogens is 340 g/mol. The Hall–Kier alpha value is -1.61. The second-order valence-corrected chi connectivity index (χ2v) is 10.4. The molecule has 0 aliphatic rings. The van der Waals surface area contributed by atoms with Gasteiger partial charge in [0.05, 0.1) is 9.79 Å². The minimum Gasteiger partial charge on any atom is -0.506 e. The van der Waals surface area contributed by atoms with Crippen LogP contribution in [0.4, 0.5) is 0 Å². The fourth-order valence-electron chi connectivity index (χ4n) is 3.07. The predicted molar refractivity (Wildman–Crippen MR) is 112 cm³/mol. The fourth-order valence-corrected chi connectivity index (χ4v) is 4.27. The van der Waals surface area contributed by atoms with E-state index in [1.54, 1.807) is 0 Å². The smallest absolute Gasteiger partial charge is 0.133 e. The Labute approximate surface area is 162 Å². The third-order valence-electron chi connectivity index (χ3n) is 4.81. The Balaban J connectivity index is 2.67. The lowest BCUT2D eigenvalue weighted by Crippen LogP contribution is -2.13. The number of rotatable bonds is 2. The van der Waals surface area contributed by atoms with Gasteiger partial charge in [-0.1, -0.05) is 65.4 Å². The number of benzene rings is 2. The van der Waals surface area contributed by atoms with Crippen LogP contribution in [0.1, 0.15) is 69.4 Å². The Kier molecular flexibility index (Phi) is 5.45. The largest absolute Gasteiger partial charge is 0.506 e. The second kappa shape index (κ2) is 6.84. The molecule has 0 aliphatic heterocycles. The molecule has 0 aromatic heterocycles. The molecule has 3 heteroatoms. The highest BCUT2D eigenvalue weighted by molar-refractivity contribution is 7.99. The maximum absolute atomic E-state index is 11.0. The van der Waals surface area contributed by atoms with Gasteiger partial charge in [0.1, 0.15) is 11.5 Å². The summed E-state index contributed by atoms with van der Waals surface area (Å²) in [6, 6.07) is 6.11. The molecule has 2 aromatic carbocycles. The summed E-state index contributed by atoms with van der Waals surface area (Å²) < 4.78 is 0. The van der Waals surface area contributed by atoms with Gasteiger partial charge >= 0.3 is 0 Å². The topological polar surface area (TPSA) is 40.5 Å². The van der Waals surface area contributed by atoms with E-state index in [-0.39, 0.29) is 10.8 Å². The molecule has 2 aromatic rings. The van der Waals surface area contributed by atoms with E-state index in [0.29, 0.717) is 11.5 Å². The van der Waals surface area contributed by atoms with Gasteiger partial charge in [0, 0.05) is 11.1 Å². The van der Waals surface area contributed by atoms with Crippen molar-refractivity contribution in [2.24, 2.45) is 0 Å². The van der Waals surface area contributed by atoms with E-state index in [4.69, 9.17) is 0 Å². The molecule has 2 rings (SSSR count). The van der Waals surface area contributed by atoms with Crippen LogP contribution < -0.4 is 0 Å². The van der Waals surface area contributed by atoms with Gasteiger partial charge < -0.3 is 10.2 Å². The van der Waals surface area contributed by atoms with E-state index in [2.05, 4.69) is 54.5 Å². The third kappa shape index (κ3) is 4.03. The van der Waals surface area contributed by atoms with Gasteiger partial charge in [-0.25, -0.2) is 0 Å². The highest BCUT2D eigenvalue weighted by Crippen LogP contribution is 2.48. The van der Waals surface area contributed by atoms with Crippen molar-refractivity contribution in [3.05, 3.63) is 46.0 Å². The van der Waals surface area contributed by atoms with E-state index >= 15 is 0 Å². The molecule has 0 aliphatic carbocycles. The summed E-state index contributed by atoms with van der Waals surface area (Å²) in [7, 11) is 0. The summed E-state index contributed by atoms with van der Waals surface area (Å²) in [5, 5.41) is 21.9. The lowest BCUT2D eigenvalue weighted by molar-refractivity contribution is 0.431. The SMILES string of the molecule is Cc1cc(Sc2c(C)c(C)cc(C(C)(C)C)c2O)c(O)c(C(C)(C)C)c1. The molecule has 26 heavy (non-hydrogen) atoms. The van der Waals surface area contributed by atoms with E-state index in [1.165, 1.54) is 11.8 Å². The van der Waals surface area contributed by atoms with Gasteiger partial charge in [0.2, 0.25) is 0 Å². The quantitative estimate of drug-likeness (QED) is 0.611. The predicted octanol–water partition coefficient (Wildman–Crippen LogP) is 6.77. The molecule has 0 amide bonds. The standard InChI is InChI=1S/C23H32O2S/c1-13-10-16(22(4,5)6)19(24)18(11-13)26-21-15(3)14(2)12-17(20(21)25)23(7,8)9/h10-12,24-25H,1-9H3. The number of hydrogen-bond acceptors (Lipinski definition) is 3. The molecule has 0 heterocycles. The number of phenolic OH excluding ortho intramolecular Hbond substituents is 2. The van der Waals surface area contributed by atoms with Crippen molar-refractivity contribution in [1.29, 1.82) is 0 Å². The molecule has 0 atom stereocenters. The lowest BCUT2D eigenvalue weighted by atomic mass is 9.84. The van der Waals surface area contributed by atoms with Crippen LogP contribution in [0, 0.1) is 20.8 Å². The highest BCUT2D eigenvalue weighted by atomic mass is 32.2. The zero-order valence-electron chi connectivity index (χ0n) is 17.5. The highest BCUT2D eigenvalue weighted by Gasteiger charge is 2.25. The molecule has 0 unspecified atom stereocenters. The van der Waals surface area contributed by atoms with Gasteiger partial charge in [-0.15, -0.1) is 0 Å². The van der Waals surface area contributed by atoms with Gasteiger partial charge in [-0.2, -0.15) is 0 Å². The van der Waals surface area contributed by atoms with Crippen LogP contribution in [-0.2, 0) is 10.8 Å². The van der Waals surface area contributed by atoms with Crippen LogP contribution in [0.2, 0.25) is 0 Å². The zero-order chi connectivity index (χ0) is 20.0. The molecule has 0 bridgehead atoms. The molecule has 0 fully saturated rings. The summed E-state index contributed by atoms with van der Waals surface area (Å²) in [6.45, 7) is 18.8. The molecule has 0 saturated carbocycles. The second-order valence-electron chi connectivity index (χ2n) is 9.31. The van der Waals surface area contributed by atoms with E-state index in [1.807, 2.05) is 26.0 Å². The molecule has 2 nitrogen and oxygen atoms in total. The first-order valence-electron chi connectivity index (χ1n) is 9.09. The Bertz CT molecular complexity index is 837. The van der Waals surface area contributed by atoms with Crippen molar-refractivity contribution in [2.45, 2.75) is 82.9 Å². The summed E-state index contributed by atoms with van der Waals surface area (Å²) >= 11 is 1.46. The van der Waals surface area contributed by atoms with Gasteiger partial charge in [0.25, 0.3) is 0 Å². The number of aromatic hydroxyl groups is 2. The van der Waals surface area contributed by atoms with Gasteiger partial charge in [-0.3, -0.25) is 0 Å². The summed E-state index contributed by atoms with van der Waals surface area (Å²) in [5.41, 5.74) is 4.88. The summed E-state index contributed by atoms with van der Waals surface area (Å²) in [4.78, 5) is 1.62. The Morgan fingerprint density at radius 1 is 0.731 bits per heavy atom. The van der Waals surface area contributed by atoms with Crippen LogP contribution >= 0.6 is 11.8 Å². The van der Waals surface area contributed by atoms with Crippen molar-refractivity contribution >= 4 is 11.8 Å². The maximum atomic E-state index is 11.0. The normalized spacial score (nSPS) is 12.5. The minimum atomic E-state index is -0.150. The fraction of sp³-hybridized carbons (Fsp3) is 0.478. The molecule has 142 valence electrons. The van der Waals surface area contributed by atoms with Gasteiger partial charge in [-0.05, 0) is 54.4 Å². The first-order valence-corrected chi connectivity index (χ1v) is 9.90. The van der Waals surface area contributed by atoms with Crippen molar-refractivity contribution in [1.82, 2.24) is 0 Å². The number of phenols is 2. The van der Waals surface area contributed by atoms with Crippen LogP contribution in [0.5, 0.6) is 11.5 Å². The summed E-state index contributed by atoms with van der Waals surface area (Å²) in [5.74, 6) is 0.634. The van der Waals surface area contributed by atoms with Crippen molar-refractivity contribution < 1.29 is 10.2 Å². The first kappa shape index (κ1) is 20.7. The monoisotopic (exact) mass is 372 g/mol. The first-order chi connectivity index (χ1) is 11.7. The van der Waals surface area contributed by atoms with E-state index in [0.717, 1.165) is 37.6 Å². The minimum absolute atomic E-state index is 0.147. The molecule has 0 radical (unpaired) electrons. The zero-order valence-corrected chi connectivity index (χ0v) is 18.4. The van der Waals surface area contributed by atoms with Crippen LogP contribution in [0.15, 0.2) is 28.0 Å². The molecule has 0 spiro atoms. The third-order valence-corrected chi connectivity index (χ3v) is 6.05. The van der Waals surface area contributed by atoms with Crippen LogP contribution in [-0.4, -0.2) is 10.2 Å². The van der Waals surface area contributed by atoms with Crippen molar-refractivity contribution in [2.75, 3.05) is 0 Å². The van der Waals surface area contributed by atoms with Gasteiger partial charge in [0.15, 0.2) is 0 Å². The molecule has 0 saturated heterocycles. The van der Waals surface area contributed by atoms with E-state index in [9.17, 15) is 10.2 Å². The van der Waals surface area contributed by atoms with E-state index < -0.39 is 0 Å². The number of aryl methyl sites for hydroxylation is 2. The molecular formula is C23H32O2S. The maximum Gasteiger partial charge on any atom is 0.133 e. The Morgan fingerprint density at radius 3 is 1.73 bits per heavy atom.